The lowest BCUT2D eigenvalue weighted by Gasteiger charge is -2.12. The molecule has 28 heavy (non-hydrogen) atoms. The molecule has 0 bridgehead atoms. The number of carbonyl (C=O) groups is 2. The van der Waals surface area contributed by atoms with Crippen LogP contribution >= 0.6 is 0 Å². The van der Waals surface area contributed by atoms with Crippen LogP contribution in [0.3, 0.4) is 0 Å². The summed E-state index contributed by atoms with van der Waals surface area (Å²) >= 11 is 0. The summed E-state index contributed by atoms with van der Waals surface area (Å²) in [5.74, 6) is 0.683. The first kappa shape index (κ1) is 19.4. The van der Waals surface area contributed by atoms with Gasteiger partial charge in [0.15, 0.2) is 5.78 Å². The minimum Gasteiger partial charge on any atom is -0.497 e. The van der Waals surface area contributed by atoms with Crippen molar-refractivity contribution in [1.82, 2.24) is 4.57 Å². The first-order valence-electron chi connectivity index (χ1n) is 9.20. The van der Waals surface area contributed by atoms with Gasteiger partial charge in [-0.2, -0.15) is 0 Å². The van der Waals surface area contributed by atoms with Gasteiger partial charge in [0.1, 0.15) is 5.75 Å². The number of amides is 1. The fourth-order valence-corrected chi connectivity index (χ4v) is 3.25. The number of ether oxygens (including phenoxy) is 1. The normalized spacial score (nSPS) is 10.5. The van der Waals surface area contributed by atoms with Crippen LogP contribution in [0.15, 0.2) is 60.7 Å². The third-order valence-electron chi connectivity index (χ3n) is 4.75. The first-order valence-corrected chi connectivity index (χ1v) is 9.20. The molecule has 0 unspecified atom stereocenters. The Morgan fingerprint density at radius 1 is 1.04 bits per heavy atom. The van der Waals surface area contributed by atoms with Crippen molar-refractivity contribution < 1.29 is 14.3 Å². The molecular weight excluding hydrogens is 352 g/mol. The number of hydrogen-bond donors (Lipinski definition) is 1. The number of nitrogens with one attached hydrogen (secondary N) is 1. The molecule has 0 spiro atoms. The van der Waals surface area contributed by atoms with Gasteiger partial charge in [0.05, 0.1) is 7.11 Å². The molecule has 0 aliphatic heterocycles. The number of ketones is 1. The second-order valence-electron chi connectivity index (χ2n) is 6.63. The van der Waals surface area contributed by atoms with Crippen molar-refractivity contribution >= 4 is 17.4 Å². The van der Waals surface area contributed by atoms with Crippen LogP contribution in [-0.4, -0.2) is 23.4 Å². The quantitative estimate of drug-likeness (QED) is 0.608. The highest BCUT2D eigenvalue weighted by molar-refractivity contribution is 5.97. The van der Waals surface area contributed by atoms with Crippen molar-refractivity contribution in [3.05, 3.63) is 71.9 Å². The van der Waals surface area contributed by atoms with E-state index < -0.39 is 0 Å². The fraction of sp³-hybridized carbons (Fsp3) is 0.217. The van der Waals surface area contributed by atoms with Gasteiger partial charge in [0.25, 0.3) is 0 Å². The second-order valence-corrected chi connectivity index (χ2v) is 6.63. The Hall–Kier alpha value is -3.34. The number of methoxy groups -OCH3 is 1. The largest absolute Gasteiger partial charge is 0.497 e. The molecule has 144 valence electrons. The van der Waals surface area contributed by atoms with Gasteiger partial charge in [-0.3, -0.25) is 9.59 Å². The summed E-state index contributed by atoms with van der Waals surface area (Å²) in [6.45, 7) is 3.98. The molecule has 0 aliphatic rings. The van der Waals surface area contributed by atoms with Gasteiger partial charge in [-0.25, -0.2) is 0 Å². The highest BCUT2D eigenvalue weighted by Gasteiger charge is 2.16. The average molecular weight is 376 g/mol. The number of hydrogen-bond acceptors (Lipinski definition) is 3. The highest BCUT2D eigenvalue weighted by atomic mass is 16.5. The van der Waals surface area contributed by atoms with E-state index in [1.807, 2.05) is 47.9 Å². The number of nitrogens with zero attached hydrogens (tertiary/aromatic N) is 1. The van der Waals surface area contributed by atoms with E-state index in [0.717, 1.165) is 28.4 Å². The summed E-state index contributed by atoms with van der Waals surface area (Å²) in [5.41, 5.74) is 4.26. The lowest BCUT2D eigenvalue weighted by Crippen LogP contribution is -2.15. The molecule has 2 aromatic carbocycles. The Morgan fingerprint density at radius 2 is 1.71 bits per heavy atom. The average Bonchev–Trinajstić information content (AvgIpc) is 3.04. The zero-order chi connectivity index (χ0) is 20.1. The van der Waals surface area contributed by atoms with Crippen LogP contribution in [0.1, 0.15) is 29.4 Å². The molecule has 0 atom stereocenters. The Balaban J connectivity index is 1.77. The Bertz CT molecular complexity index is 973. The van der Waals surface area contributed by atoms with Crippen molar-refractivity contribution in [3.8, 4) is 17.0 Å². The van der Waals surface area contributed by atoms with Gasteiger partial charge in [-0.15, -0.1) is 0 Å². The molecule has 3 rings (SSSR count). The maximum atomic E-state index is 12.4. The molecule has 1 aromatic heterocycles. The monoisotopic (exact) mass is 376 g/mol. The van der Waals surface area contributed by atoms with Gasteiger partial charge in [-0.05, 0) is 49.7 Å². The van der Waals surface area contributed by atoms with Crippen molar-refractivity contribution in [3.63, 3.8) is 0 Å². The van der Waals surface area contributed by atoms with Crippen molar-refractivity contribution in [1.29, 1.82) is 0 Å². The third-order valence-corrected chi connectivity index (χ3v) is 4.75. The summed E-state index contributed by atoms with van der Waals surface area (Å²) in [6, 6.07) is 19.0. The van der Waals surface area contributed by atoms with Crippen LogP contribution in [-0.2, 0) is 11.3 Å². The molecule has 1 N–H and O–H groups in total. The number of anilines is 1. The molecular formula is C23H24N2O3. The minimum absolute atomic E-state index is 0.0242. The topological polar surface area (TPSA) is 60.3 Å². The molecule has 1 amide bonds. The van der Waals surface area contributed by atoms with Crippen LogP contribution in [0.5, 0.6) is 5.75 Å². The Morgan fingerprint density at radius 3 is 2.32 bits per heavy atom. The Labute approximate surface area is 165 Å². The first-order chi connectivity index (χ1) is 13.5. The van der Waals surface area contributed by atoms with E-state index in [2.05, 4.69) is 5.32 Å². The lowest BCUT2D eigenvalue weighted by atomic mass is 10.1. The van der Waals surface area contributed by atoms with E-state index in [-0.39, 0.29) is 11.7 Å². The molecule has 0 radical (unpaired) electrons. The van der Waals surface area contributed by atoms with Gasteiger partial charge in [0, 0.05) is 35.6 Å². The minimum atomic E-state index is -0.0818. The molecule has 0 saturated heterocycles. The Kier molecular flexibility index (Phi) is 5.94. The van der Waals surface area contributed by atoms with E-state index in [0.29, 0.717) is 18.5 Å². The highest BCUT2D eigenvalue weighted by Crippen LogP contribution is 2.26. The summed E-state index contributed by atoms with van der Waals surface area (Å²) < 4.78 is 7.17. The second kappa shape index (κ2) is 8.57. The number of aromatic nitrogens is 1. The smallest absolute Gasteiger partial charge is 0.226 e. The van der Waals surface area contributed by atoms with E-state index in [1.54, 1.807) is 38.3 Å². The maximum Gasteiger partial charge on any atom is 0.226 e. The van der Waals surface area contributed by atoms with Crippen LogP contribution in [0.4, 0.5) is 5.69 Å². The van der Waals surface area contributed by atoms with E-state index in [1.165, 1.54) is 0 Å². The van der Waals surface area contributed by atoms with Gasteiger partial charge < -0.3 is 14.6 Å². The zero-order valence-corrected chi connectivity index (χ0v) is 16.4. The van der Waals surface area contributed by atoms with E-state index in [4.69, 9.17) is 4.74 Å². The number of rotatable bonds is 7. The van der Waals surface area contributed by atoms with Crippen LogP contribution in [0.25, 0.3) is 11.3 Å². The van der Waals surface area contributed by atoms with Gasteiger partial charge in [-0.1, -0.05) is 30.3 Å². The number of benzene rings is 2. The third kappa shape index (κ3) is 4.31. The summed E-state index contributed by atoms with van der Waals surface area (Å²) in [5, 5.41) is 2.90. The van der Waals surface area contributed by atoms with Gasteiger partial charge in [0.2, 0.25) is 5.91 Å². The zero-order valence-electron chi connectivity index (χ0n) is 16.4. The van der Waals surface area contributed by atoms with Crippen LogP contribution in [0, 0.1) is 6.92 Å². The summed E-state index contributed by atoms with van der Waals surface area (Å²) in [4.78, 5) is 24.4. The van der Waals surface area contributed by atoms with Crippen molar-refractivity contribution in [2.45, 2.75) is 26.8 Å². The predicted molar refractivity (Wildman–Crippen MR) is 111 cm³/mol. The molecule has 3 aromatic rings. The van der Waals surface area contributed by atoms with Crippen molar-refractivity contribution in [2.24, 2.45) is 0 Å². The lowest BCUT2D eigenvalue weighted by molar-refractivity contribution is -0.116. The van der Waals surface area contributed by atoms with E-state index >= 15 is 0 Å². The number of Topliss-reactive ketones (excluding diaryl/α,β-unsaturated/α-hetero) is 1. The molecule has 0 fully saturated rings. The standard InChI is InChI=1S/C23H24N2O3/c1-16-21(17(2)26)15-22(18-7-5-4-6-8-18)25(16)14-13-23(27)24-19-9-11-20(28-3)12-10-19/h4-12,15H,13-14H2,1-3H3,(H,24,27). The van der Waals surface area contributed by atoms with Crippen molar-refractivity contribution in [2.75, 3.05) is 12.4 Å². The molecule has 5 heteroatoms. The molecule has 5 nitrogen and oxygen atoms in total. The molecule has 0 saturated carbocycles. The van der Waals surface area contributed by atoms with Gasteiger partial charge >= 0.3 is 0 Å². The van der Waals surface area contributed by atoms with Crippen LogP contribution < -0.4 is 10.1 Å². The maximum absolute atomic E-state index is 12.4. The van der Waals surface area contributed by atoms with Crippen LogP contribution in [0.2, 0.25) is 0 Å². The molecule has 0 aliphatic carbocycles. The summed E-state index contributed by atoms with van der Waals surface area (Å²) in [6.07, 6.45) is 0.304. The van der Waals surface area contributed by atoms with E-state index in [9.17, 15) is 9.59 Å². The molecule has 1 heterocycles. The summed E-state index contributed by atoms with van der Waals surface area (Å²) in [7, 11) is 1.60. The fourth-order valence-electron chi connectivity index (χ4n) is 3.25. The number of carbonyl (C=O) groups excluding carboxylic acids is 2. The SMILES string of the molecule is COc1ccc(NC(=O)CCn2c(-c3ccccc3)cc(C(C)=O)c2C)cc1. The predicted octanol–water partition coefficient (Wildman–Crippen LogP) is 4.70.